The van der Waals surface area contributed by atoms with Crippen molar-refractivity contribution in [3.8, 4) is 6.07 Å². The normalized spacial score (nSPS) is 10.9. The number of hydrogen-bond acceptors (Lipinski definition) is 3. The summed E-state index contributed by atoms with van der Waals surface area (Å²) < 4.78 is 41.5. The van der Waals surface area contributed by atoms with Gasteiger partial charge in [0.2, 0.25) is 5.95 Å². The van der Waals surface area contributed by atoms with E-state index in [1.54, 1.807) is 13.8 Å². The number of hydrogen-bond donors (Lipinski definition) is 1. The quantitative estimate of drug-likeness (QED) is 0.837. The van der Waals surface area contributed by atoms with Gasteiger partial charge in [-0.15, -0.1) is 5.10 Å². The van der Waals surface area contributed by atoms with E-state index in [9.17, 15) is 13.2 Å². The molecule has 18 heavy (non-hydrogen) atoms. The predicted octanol–water partition coefficient (Wildman–Crippen LogP) is 2.44. The van der Waals surface area contributed by atoms with Gasteiger partial charge in [-0.1, -0.05) is 0 Å². The fourth-order valence-electron chi connectivity index (χ4n) is 1.60. The zero-order valence-electron chi connectivity index (χ0n) is 9.63. The van der Waals surface area contributed by atoms with Gasteiger partial charge in [0, 0.05) is 12.1 Å². The van der Waals surface area contributed by atoms with Gasteiger partial charge in [-0.3, -0.25) is 0 Å². The number of nitrogens with zero attached hydrogens (tertiary/aromatic N) is 3. The summed E-state index contributed by atoms with van der Waals surface area (Å²) in [7, 11) is 0. The molecule has 0 bridgehead atoms. The number of nitriles is 1. The number of rotatable bonds is 2. The molecule has 0 aromatic carbocycles. The molecule has 7 heteroatoms. The Morgan fingerprint density at radius 2 is 2.06 bits per heavy atom. The minimum absolute atomic E-state index is 0.206. The molecule has 2 aromatic rings. The molecule has 0 atom stereocenters. The monoisotopic (exact) mass is 254 g/mol. The SMILES string of the molecule is CC(C)Nc1c(F)cc2c(C#N)c(F)nn2c1F. The second kappa shape index (κ2) is 4.22. The van der Waals surface area contributed by atoms with E-state index in [0.29, 0.717) is 4.52 Å². The van der Waals surface area contributed by atoms with Crippen LogP contribution in [0.3, 0.4) is 0 Å². The topological polar surface area (TPSA) is 53.1 Å². The minimum atomic E-state index is -1.13. The molecule has 2 heterocycles. The third-order valence-corrected chi connectivity index (χ3v) is 2.32. The summed E-state index contributed by atoms with van der Waals surface area (Å²) in [4.78, 5) is 0. The van der Waals surface area contributed by atoms with Crippen molar-refractivity contribution in [3.63, 3.8) is 0 Å². The highest BCUT2D eigenvalue weighted by molar-refractivity contribution is 5.64. The molecule has 0 saturated heterocycles. The van der Waals surface area contributed by atoms with Crippen LogP contribution in [-0.4, -0.2) is 15.7 Å². The van der Waals surface area contributed by atoms with Crippen LogP contribution < -0.4 is 5.32 Å². The van der Waals surface area contributed by atoms with Gasteiger partial charge in [-0.2, -0.15) is 14.0 Å². The van der Waals surface area contributed by atoms with Crippen LogP contribution in [0.25, 0.3) is 5.52 Å². The lowest BCUT2D eigenvalue weighted by molar-refractivity contribution is 0.502. The van der Waals surface area contributed by atoms with E-state index in [-0.39, 0.29) is 11.6 Å². The first-order valence-corrected chi connectivity index (χ1v) is 5.18. The van der Waals surface area contributed by atoms with Crippen LogP contribution in [-0.2, 0) is 0 Å². The third kappa shape index (κ3) is 1.76. The highest BCUT2D eigenvalue weighted by Crippen LogP contribution is 2.24. The third-order valence-electron chi connectivity index (χ3n) is 2.32. The standard InChI is InChI=1S/C11H9F3N4/c1-5(2)16-9-7(12)3-8-6(4-15)10(13)17-18(8)11(9)14/h3,5,16H,1-2H3. The van der Waals surface area contributed by atoms with Crippen molar-refractivity contribution in [2.75, 3.05) is 5.32 Å². The summed E-state index contributed by atoms with van der Waals surface area (Å²) >= 11 is 0. The summed E-state index contributed by atoms with van der Waals surface area (Å²) in [5.74, 6) is -3.10. The predicted molar refractivity (Wildman–Crippen MR) is 58.5 cm³/mol. The summed E-state index contributed by atoms with van der Waals surface area (Å²) in [5, 5.41) is 14.5. The van der Waals surface area contributed by atoms with Crippen LogP contribution in [0.1, 0.15) is 19.4 Å². The van der Waals surface area contributed by atoms with Gasteiger partial charge < -0.3 is 5.32 Å². The van der Waals surface area contributed by atoms with Crippen molar-refractivity contribution < 1.29 is 13.2 Å². The molecule has 0 aliphatic rings. The smallest absolute Gasteiger partial charge is 0.251 e. The van der Waals surface area contributed by atoms with E-state index in [4.69, 9.17) is 5.26 Å². The summed E-state index contributed by atoms with van der Waals surface area (Å²) in [6.45, 7) is 3.40. The number of halogens is 3. The van der Waals surface area contributed by atoms with Gasteiger partial charge in [0.25, 0.3) is 5.95 Å². The Balaban J connectivity index is 2.76. The van der Waals surface area contributed by atoms with Crippen LogP contribution in [0.4, 0.5) is 18.9 Å². The Hall–Kier alpha value is -2.23. The number of aromatic nitrogens is 2. The molecule has 0 unspecified atom stereocenters. The lowest BCUT2D eigenvalue weighted by atomic mass is 10.2. The van der Waals surface area contributed by atoms with E-state index in [0.717, 1.165) is 6.07 Å². The average Bonchev–Trinajstić information content (AvgIpc) is 2.60. The number of anilines is 1. The molecule has 2 aromatic heterocycles. The molecule has 0 amide bonds. The van der Waals surface area contributed by atoms with E-state index >= 15 is 0 Å². The molecular weight excluding hydrogens is 245 g/mol. The second-order valence-electron chi connectivity index (χ2n) is 4.03. The molecular formula is C11H9F3N4. The first kappa shape index (κ1) is 12.2. The Kier molecular flexibility index (Phi) is 2.87. The van der Waals surface area contributed by atoms with Gasteiger partial charge in [0.1, 0.15) is 17.3 Å². The van der Waals surface area contributed by atoms with Crippen LogP contribution in [0.15, 0.2) is 6.07 Å². The van der Waals surface area contributed by atoms with E-state index in [2.05, 4.69) is 10.4 Å². The van der Waals surface area contributed by atoms with Crippen LogP contribution >= 0.6 is 0 Å². The highest BCUT2D eigenvalue weighted by Gasteiger charge is 2.21. The molecule has 0 aliphatic carbocycles. The van der Waals surface area contributed by atoms with Gasteiger partial charge >= 0.3 is 0 Å². The van der Waals surface area contributed by atoms with Crippen LogP contribution in [0.5, 0.6) is 0 Å². The number of pyridine rings is 1. The number of nitrogens with one attached hydrogen (secondary N) is 1. The maximum Gasteiger partial charge on any atom is 0.251 e. The van der Waals surface area contributed by atoms with E-state index in [1.165, 1.54) is 6.07 Å². The molecule has 1 N–H and O–H groups in total. The maximum absolute atomic E-state index is 13.9. The molecule has 0 spiro atoms. The molecule has 0 aliphatic heterocycles. The zero-order chi connectivity index (χ0) is 13.4. The average molecular weight is 254 g/mol. The van der Waals surface area contributed by atoms with Crippen molar-refractivity contribution in [2.24, 2.45) is 0 Å². The zero-order valence-corrected chi connectivity index (χ0v) is 9.63. The minimum Gasteiger partial charge on any atom is -0.377 e. The maximum atomic E-state index is 13.9. The summed E-state index contributed by atoms with van der Waals surface area (Å²) in [5.41, 5.74) is -1.12. The lowest BCUT2D eigenvalue weighted by Crippen LogP contribution is -2.14. The first-order valence-electron chi connectivity index (χ1n) is 5.18. The van der Waals surface area contributed by atoms with Crippen LogP contribution in [0, 0.1) is 29.0 Å². The molecule has 94 valence electrons. The Morgan fingerprint density at radius 3 is 2.61 bits per heavy atom. The Morgan fingerprint density at radius 1 is 1.39 bits per heavy atom. The van der Waals surface area contributed by atoms with Crippen molar-refractivity contribution in [2.45, 2.75) is 19.9 Å². The highest BCUT2D eigenvalue weighted by atomic mass is 19.1. The van der Waals surface area contributed by atoms with Crippen molar-refractivity contribution >= 4 is 11.2 Å². The van der Waals surface area contributed by atoms with Gasteiger partial charge in [-0.25, -0.2) is 8.91 Å². The second-order valence-corrected chi connectivity index (χ2v) is 4.03. The largest absolute Gasteiger partial charge is 0.377 e. The molecule has 0 saturated carbocycles. The fourth-order valence-corrected chi connectivity index (χ4v) is 1.60. The van der Waals surface area contributed by atoms with Crippen LogP contribution in [0.2, 0.25) is 0 Å². The fraction of sp³-hybridized carbons (Fsp3) is 0.273. The molecule has 2 rings (SSSR count). The molecule has 0 fully saturated rings. The van der Waals surface area contributed by atoms with E-state index < -0.39 is 29.0 Å². The molecule has 0 radical (unpaired) electrons. The molecule has 4 nitrogen and oxygen atoms in total. The number of fused-ring (bicyclic) bond motifs is 1. The Labute approximate surface area is 101 Å². The first-order chi connectivity index (χ1) is 8.45. The van der Waals surface area contributed by atoms with Gasteiger partial charge in [-0.05, 0) is 13.8 Å². The Bertz CT molecular complexity index is 655. The van der Waals surface area contributed by atoms with Gasteiger partial charge in [0.05, 0.1) is 5.52 Å². The van der Waals surface area contributed by atoms with Crippen molar-refractivity contribution in [1.29, 1.82) is 5.26 Å². The lowest BCUT2D eigenvalue weighted by Gasteiger charge is -2.12. The van der Waals surface area contributed by atoms with Gasteiger partial charge in [0.15, 0.2) is 5.82 Å². The van der Waals surface area contributed by atoms with E-state index in [1.807, 2.05) is 0 Å². The summed E-state index contributed by atoms with van der Waals surface area (Å²) in [6, 6.07) is 2.19. The van der Waals surface area contributed by atoms with Crippen molar-refractivity contribution in [1.82, 2.24) is 9.61 Å². The van der Waals surface area contributed by atoms with Crippen molar-refractivity contribution in [3.05, 3.63) is 29.3 Å². The summed E-state index contributed by atoms with van der Waals surface area (Å²) in [6.07, 6.45) is 0.